The molecule has 0 spiro atoms. The van der Waals surface area contributed by atoms with Crippen molar-refractivity contribution in [3.63, 3.8) is 0 Å². The first-order valence-corrected chi connectivity index (χ1v) is 10.2. The van der Waals surface area contributed by atoms with Crippen molar-refractivity contribution in [2.24, 2.45) is 5.92 Å². The Morgan fingerprint density at radius 3 is 2.81 bits per heavy atom. The first-order chi connectivity index (χ1) is 13.0. The molecule has 1 aliphatic heterocycles. The van der Waals surface area contributed by atoms with Gasteiger partial charge in [-0.2, -0.15) is 0 Å². The number of thiophene rings is 1. The monoisotopic (exact) mass is 381 g/mol. The van der Waals surface area contributed by atoms with Crippen molar-refractivity contribution in [2.75, 3.05) is 13.1 Å². The lowest BCUT2D eigenvalue weighted by Crippen LogP contribution is -2.42. The highest BCUT2D eigenvalue weighted by Crippen LogP contribution is 2.35. The van der Waals surface area contributed by atoms with Crippen molar-refractivity contribution in [1.29, 1.82) is 0 Å². The van der Waals surface area contributed by atoms with Gasteiger partial charge in [-0.15, -0.1) is 11.3 Å². The standard InChI is InChI=1S/C21H23N3O2S/c1-14-7-6-10-23(11-14)17(25)12-24-13-22-20-18(21(24)26)15(2)19(27-20)16-8-4-3-5-9-16/h3-5,8-9,13-14H,6-7,10-12H2,1-2H3/t14-/m1/s1. The number of likely N-dealkylation sites (tertiary alicyclic amines) is 1. The van der Waals surface area contributed by atoms with Crippen molar-refractivity contribution in [3.8, 4) is 10.4 Å². The number of nitrogens with zero attached hydrogens (tertiary/aromatic N) is 3. The van der Waals surface area contributed by atoms with Crippen LogP contribution in [0.15, 0.2) is 41.5 Å². The van der Waals surface area contributed by atoms with Gasteiger partial charge in [0.05, 0.1) is 11.7 Å². The number of piperidine rings is 1. The number of aromatic nitrogens is 2. The van der Waals surface area contributed by atoms with Gasteiger partial charge in [-0.05, 0) is 36.8 Å². The minimum atomic E-state index is -0.130. The van der Waals surface area contributed by atoms with Crippen LogP contribution in [0.1, 0.15) is 25.3 Å². The molecule has 2 aromatic heterocycles. The molecule has 0 saturated carbocycles. The summed E-state index contributed by atoms with van der Waals surface area (Å²) in [5.74, 6) is 0.522. The zero-order chi connectivity index (χ0) is 19.0. The van der Waals surface area contributed by atoms with Gasteiger partial charge >= 0.3 is 0 Å². The fraction of sp³-hybridized carbons (Fsp3) is 0.381. The third kappa shape index (κ3) is 3.41. The lowest BCUT2D eigenvalue weighted by molar-refractivity contribution is -0.133. The molecule has 27 heavy (non-hydrogen) atoms. The highest BCUT2D eigenvalue weighted by molar-refractivity contribution is 7.22. The Bertz CT molecular complexity index is 1040. The zero-order valence-corrected chi connectivity index (χ0v) is 16.5. The van der Waals surface area contributed by atoms with Crippen molar-refractivity contribution < 1.29 is 4.79 Å². The number of fused-ring (bicyclic) bond motifs is 1. The Morgan fingerprint density at radius 1 is 1.30 bits per heavy atom. The maximum Gasteiger partial charge on any atom is 0.262 e. The molecular formula is C21H23N3O2S. The highest BCUT2D eigenvalue weighted by Gasteiger charge is 2.22. The summed E-state index contributed by atoms with van der Waals surface area (Å²) in [7, 11) is 0. The van der Waals surface area contributed by atoms with E-state index in [0.717, 1.165) is 46.8 Å². The van der Waals surface area contributed by atoms with Crippen LogP contribution in [0.2, 0.25) is 0 Å². The fourth-order valence-corrected chi connectivity index (χ4v) is 4.94. The number of rotatable bonds is 3. The highest BCUT2D eigenvalue weighted by atomic mass is 32.1. The maximum absolute atomic E-state index is 13.0. The van der Waals surface area contributed by atoms with E-state index < -0.39 is 0 Å². The second-order valence-electron chi connectivity index (χ2n) is 7.37. The van der Waals surface area contributed by atoms with Gasteiger partial charge in [0.2, 0.25) is 5.91 Å². The average Bonchev–Trinajstić information content (AvgIpc) is 3.02. The Kier molecular flexibility index (Phi) is 4.83. The third-order valence-electron chi connectivity index (χ3n) is 5.27. The maximum atomic E-state index is 13.0. The molecule has 1 fully saturated rings. The van der Waals surface area contributed by atoms with E-state index in [1.807, 2.05) is 42.2 Å². The van der Waals surface area contributed by atoms with Crippen LogP contribution in [-0.4, -0.2) is 33.4 Å². The largest absolute Gasteiger partial charge is 0.341 e. The third-order valence-corrected chi connectivity index (χ3v) is 6.52. The number of aryl methyl sites for hydroxylation is 1. The topological polar surface area (TPSA) is 55.2 Å². The summed E-state index contributed by atoms with van der Waals surface area (Å²) in [6.07, 6.45) is 3.71. The minimum Gasteiger partial charge on any atom is -0.341 e. The summed E-state index contributed by atoms with van der Waals surface area (Å²) in [4.78, 5) is 33.8. The molecule has 140 valence electrons. The van der Waals surface area contributed by atoms with Crippen LogP contribution in [-0.2, 0) is 11.3 Å². The molecular weight excluding hydrogens is 358 g/mol. The molecule has 6 heteroatoms. The fourth-order valence-electron chi connectivity index (χ4n) is 3.80. The molecule has 0 bridgehead atoms. The van der Waals surface area contributed by atoms with Crippen molar-refractivity contribution in [1.82, 2.24) is 14.5 Å². The van der Waals surface area contributed by atoms with Crippen molar-refractivity contribution in [2.45, 2.75) is 33.2 Å². The number of carbonyl (C=O) groups excluding carboxylic acids is 1. The molecule has 1 aliphatic rings. The molecule has 1 aromatic carbocycles. The molecule has 1 saturated heterocycles. The Hall–Kier alpha value is -2.47. The van der Waals surface area contributed by atoms with Gasteiger partial charge in [0.15, 0.2) is 0 Å². The number of benzene rings is 1. The van der Waals surface area contributed by atoms with Gasteiger partial charge in [0, 0.05) is 18.0 Å². The lowest BCUT2D eigenvalue weighted by atomic mass is 10.0. The predicted octanol–water partition coefficient (Wildman–Crippen LogP) is 3.69. The summed E-state index contributed by atoms with van der Waals surface area (Å²) in [5, 5.41) is 0.626. The normalized spacial score (nSPS) is 17.4. The summed E-state index contributed by atoms with van der Waals surface area (Å²) in [6.45, 7) is 5.74. The van der Waals surface area contributed by atoms with Gasteiger partial charge in [0.1, 0.15) is 11.4 Å². The van der Waals surface area contributed by atoms with Gasteiger partial charge < -0.3 is 4.90 Å². The molecule has 3 aromatic rings. The predicted molar refractivity (Wildman–Crippen MR) is 109 cm³/mol. The number of hydrogen-bond acceptors (Lipinski definition) is 4. The Labute approximate surface area is 162 Å². The molecule has 0 N–H and O–H groups in total. The van der Waals surface area contributed by atoms with E-state index in [-0.39, 0.29) is 18.0 Å². The summed E-state index contributed by atoms with van der Waals surface area (Å²) < 4.78 is 1.46. The van der Waals surface area contributed by atoms with E-state index >= 15 is 0 Å². The average molecular weight is 382 g/mol. The molecule has 0 aliphatic carbocycles. The van der Waals surface area contributed by atoms with Gasteiger partial charge in [-0.1, -0.05) is 37.3 Å². The van der Waals surface area contributed by atoms with E-state index in [0.29, 0.717) is 11.3 Å². The van der Waals surface area contributed by atoms with E-state index in [1.165, 1.54) is 22.2 Å². The molecule has 5 nitrogen and oxygen atoms in total. The van der Waals surface area contributed by atoms with E-state index in [2.05, 4.69) is 11.9 Å². The zero-order valence-electron chi connectivity index (χ0n) is 15.6. The van der Waals surface area contributed by atoms with E-state index in [1.54, 1.807) is 0 Å². The van der Waals surface area contributed by atoms with Crippen molar-refractivity contribution >= 4 is 27.5 Å². The van der Waals surface area contributed by atoms with Crippen LogP contribution < -0.4 is 5.56 Å². The van der Waals surface area contributed by atoms with Crippen LogP contribution in [0.4, 0.5) is 0 Å². The number of amides is 1. The lowest BCUT2D eigenvalue weighted by Gasteiger charge is -2.31. The second-order valence-corrected chi connectivity index (χ2v) is 8.37. The smallest absolute Gasteiger partial charge is 0.262 e. The van der Waals surface area contributed by atoms with E-state index in [4.69, 9.17) is 0 Å². The molecule has 0 unspecified atom stereocenters. The molecule has 1 amide bonds. The van der Waals surface area contributed by atoms with Crippen LogP contribution >= 0.6 is 11.3 Å². The van der Waals surface area contributed by atoms with Crippen LogP contribution in [0.25, 0.3) is 20.7 Å². The van der Waals surface area contributed by atoms with Gasteiger partial charge in [-0.3, -0.25) is 14.2 Å². The number of carbonyl (C=O) groups is 1. The van der Waals surface area contributed by atoms with Crippen LogP contribution in [0, 0.1) is 12.8 Å². The SMILES string of the molecule is Cc1c(-c2ccccc2)sc2ncn(CC(=O)N3CCC[C@@H](C)C3)c(=O)c12. The molecule has 4 rings (SSSR count). The van der Waals surface area contributed by atoms with Crippen LogP contribution in [0.5, 0.6) is 0 Å². The second kappa shape index (κ2) is 7.27. The Morgan fingerprint density at radius 2 is 2.07 bits per heavy atom. The van der Waals surface area contributed by atoms with E-state index in [9.17, 15) is 9.59 Å². The summed E-state index contributed by atoms with van der Waals surface area (Å²) in [6, 6.07) is 10.0. The molecule has 0 radical (unpaired) electrons. The van der Waals surface area contributed by atoms with Gasteiger partial charge in [0.25, 0.3) is 5.56 Å². The summed E-state index contributed by atoms with van der Waals surface area (Å²) in [5.41, 5.74) is 1.89. The molecule has 3 heterocycles. The summed E-state index contributed by atoms with van der Waals surface area (Å²) >= 11 is 1.53. The number of hydrogen-bond donors (Lipinski definition) is 0. The minimum absolute atomic E-state index is 0.000894. The first kappa shape index (κ1) is 17.9. The van der Waals surface area contributed by atoms with Crippen LogP contribution in [0.3, 0.4) is 0 Å². The first-order valence-electron chi connectivity index (χ1n) is 9.36. The van der Waals surface area contributed by atoms with Crippen molar-refractivity contribution in [3.05, 3.63) is 52.6 Å². The van der Waals surface area contributed by atoms with Gasteiger partial charge in [-0.25, -0.2) is 4.98 Å². The Balaban J connectivity index is 1.67. The quantitative estimate of drug-likeness (QED) is 0.695. The molecule has 1 atom stereocenters.